The van der Waals surface area contributed by atoms with Crippen LogP contribution < -0.4 is 10.6 Å². The van der Waals surface area contributed by atoms with Gasteiger partial charge in [-0.05, 0) is 20.8 Å². The number of amides is 2. The van der Waals surface area contributed by atoms with Crippen LogP contribution in [0.15, 0.2) is 11.6 Å². The number of rotatable bonds is 4. The maximum absolute atomic E-state index is 11.4. The Morgan fingerprint density at radius 1 is 1.41 bits per heavy atom. The predicted molar refractivity (Wildman–Crippen MR) is 65.0 cm³/mol. The zero-order valence-corrected chi connectivity index (χ0v) is 10.7. The molecule has 1 aromatic rings. The number of ether oxygens (including phenoxy) is 1. The second kappa shape index (κ2) is 6.19. The van der Waals surface area contributed by atoms with Crippen molar-refractivity contribution in [2.75, 3.05) is 5.32 Å². The van der Waals surface area contributed by atoms with Gasteiger partial charge in [-0.25, -0.2) is 14.6 Å². The molecule has 17 heavy (non-hydrogen) atoms. The van der Waals surface area contributed by atoms with Crippen molar-refractivity contribution in [2.45, 2.75) is 32.9 Å². The Balaban J connectivity index is 2.38. The molecule has 6 nitrogen and oxygen atoms in total. The standard InChI is InChI=1S/C10H15N3O3S/c1-6(2)16-8(14)7(3)12-9(15)13-10-11-4-5-17-10/h4-7H,1-3H3,(H2,11,12,13,15)/t7-/m1/s1. The van der Waals surface area contributed by atoms with Crippen LogP contribution in [0.5, 0.6) is 0 Å². The first kappa shape index (κ1) is 13.4. The van der Waals surface area contributed by atoms with Gasteiger partial charge < -0.3 is 10.1 Å². The molecule has 1 heterocycles. The quantitative estimate of drug-likeness (QED) is 0.803. The highest BCUT2D eigenvalue weighted by Gasteiger charge is 2.18. The normalized spacial score (nSPS) is 12.0. The summed E-state index contributed by atoms with van der Waals surface area (Å²) >= 11 is 1.30. The number of nitrogens with one attached hydrogen (secondary N) is 2. The highest BCUT2D eigenvalue weighted by molar-refractivity contribution is 7.13. The van der Waals surface area contributed by atoms with Gasteiger partial charge in [-0.3, -0.25) is 5.32 Å². The van der Waals surface area contributed by atoms with E-state index < -0.39 is 18.0 Å². The fourth-order valence-electron chi connectivity index (χ4n) is 1.01. The van der Waals surface area contributed by atoms with Crippen LogP contribution >= 0.6 is 11.3 Å². The number of nitrogens with zero attached hydrogens (tertiary/aromatic N) is 1. The Hall–Kier alpha value is -1.63. The molecule has 0 unspecified atom stereocenters. The monoisotopic (exact) mass is 257 g/mol. The fourth-order valence-corrected chi connectivity index (χ4v) is 1.53. The van der Waals surface area contributed by atoms with Crippen LogP contribution in [-0.4, -0.2) is 29.1 Å². The maximum atomic E-state index is 11.4. The largest absolute Gasteiger partial charge is 0.461 e. The van der Waals surface area contributed by atoms with Crippen LogP contribution in [0.25, 0.3) is 0 Å². The lowest BCUT2D eigenvalue weighted by Gasteiger charge is -2.15. The number of hydrogen-bond donors (Lipinski definition) is 2. The smallest absolute Gasteiger partial charge is 0.328 e. The van der Waals surface area contributed by atoms with Gasteiger partial charge in [0.25, 0.3) is 0 Å². The van der Waals surface area contributed by atoms with Gasteiger partial charge in [0, 0.05) is 11.6 Å². The van der Waals surface area contributed by atoms with E-state index in [1.54, 1.807) is 32.3 Å². The number of carbonyl (C=O) groups excluding carboxylic acids is 2. The van der Waals surface area contributed by atoms with E-state index in [0.29, 0.717) is 5.13 Å². The molecule has 2 N–H and O–H groups in total. The summed E-state index contributed by atoms with van der Waals surface area (Å²) in [5, 5.41) is 7.20. The molecule has 2 amide bonds. The summed E-state index contributed by atoms with van der Waals surface area (Å²) in [6, 6.07) is -1.18. The van der Waals surface area contributed by atoms with Crippen molar-refractivity contribution in [3.8, 4) is 0 Å². The first-order valence-electron chi connectivity index (χ1n) is 5.16. The molecule has 1 aromatic heterocycles. The van der Waals surface area contributed by atoms with Crippen LogP contribution in [0.4, 0.5) is 9.93 Å². The third-order valence-corrected chi connectivity index (χ3v) is 2.39. The SMILES string of the molecule is CC(C)OC(=O)[C@@H](C)NC(=O)Nc1nccs1. The molecule has 0 spiro atoms. The number of thiazole rings is 1. The third-order valence-electron chi connectivity index (χ3n) is 1.71. The molecule has 0 saturated heterocycles. The minimum atomic E-state index is -0.697. The van der Waals surface area contributed by atoms with E-state index in [-0.39, 0.29) is 6.10 Å². The Labute approximate surface area is 103 Å². The minimum Gasteiger partial charge on any atom is -0.461 e. The Morgan fingerprint density at radius 2 is 2.12 bits per heavy atom. The summed E-state index contributed by atoms with van der Waals surface area (Å²) in [7, 11) is 0. The first-order valence-corrected chi connectivity index (χ1v) is 6.04. The molecule has 0 aliphatic carbocycles. The molecule has 1 rings (SSSR count). The highest BCUT2D eigenvalue weighted by atomic mass is 32.1. The lowest BCUT2D eigenvalue weighted by atomic mass is 10.3. The molecular weight excluding hydrogens is 242 g/mol. The first-order chi connectivity index (χ1) is 7.99. The Bertz CT molecular complexity index is 378. The fraction of sp³-hybridized carbons (Fsp3) is 0.500. The third kappa shape index (κ3) is 4.81. The average molecular weight is 257 g/mol. The molecular formula is C10H15N3O3S. The molecule has 0 radical (unpaired) electrons. The van der Waals surface area contributed by atoms with E-state index in [2.05, 4.69) is 15.6 Å². The van der Waals surface area contributed by atoms with Crippen molar-refractivity contribution in [3.05, 3.63) is 11.6 Å². The van der Waals surface area contributed by atoms with Crippen molar-refractivity contribution in [3.63, 3.8) is 0 Å². The molecule has 0 aliphatic rings. The molecule has 0 saturated carbocycles. The van der Waals surface area contributed by atoms with Crippen molar-refractivity contribution in [2.24, 2.45) is 0 Å². The van der Waals surface area contributed by atoms with Crippen molar-refractivity contribution < 1.29 is 14.3 Å². The summed E-state index contributed by atoms with van der Waals surface area (Å²) in [6.07, 6.45) is 1.38. The summed E-state index contributed by atoms with van der Waals surface area (Å²) in [6.45, 7) is 5.06. The van der Waals surface area contributed by atoms with Crippen LogP contribution in [0.3, 0.4) is 0 Å². The van der Waals surface area contributed by atoms with Gasteiger partial charge >= 0.3 is 12.0 Å². The maximum Gasteiger partial charge on any atom is 0.328 e. The van der Waals surface area contributed by atoms with Crippen LogP contribution in [-0.2, 0) is 9.53 Å². The van der Waals surface area contributed by atoms with Crippen molar-refractivity contribution in [1.29, 1.82) is 0 Å². The topological polar surface area (TPSA) is 80.3 Å². The molecule has 0 fully saturated rings. The van der Waals surface area contributed by atoms with E-state index in [1.807, 2.05) is 0 Å². The second-order valence-corrected chi connectivity index (χ2v) is 4.54. The van der Waals surface area contributed by atoms with Gasteiger partial charge in [-0.2, -0.15) is 0 Å². The number of anilines is 1. The van der Waals surface area contributed by atoms with Gasteiger partial charge in [0.2, 0.25) is 0 Å². The lowest BCUT2D eigenvalue weighted by molar-refractivity contribution is -0.149. The number of aromatic nitrogens is 1. The van der Waals surface area contributed by atoms with Crippen LogP contribution in [0.1, 0.15) is 20.8 Å². The Morgan fingerprint density at radius 3 is 2.65 bits per heavy atom. The predicted octanol–water partition coefficient (Wildman–Crippen LogP) is 1.60. The summed E-state index contributed by atoms with van der Waals surface area (Å²) in [5.74, 6) is -0.464. The van der Waals surface area contributed by atoms with Gasteiger partial charge in [0.05, 0.1) is 6.10 Å². The van der Waals surface area contributed by atoms with Gasteiger partial charge in [-0.15, -0.1) is 11.3 Å². The van der Waals surface area contributed by atoms with Gasteiger partial charge in [-0.1, -0.05) is 0 Å². The minimum absolute atomic E-state index is 0.200. The van der Waals surface area contributed by atoms with E-state index >= 15 is 0 Å². The van der Waals surface area contributed by atoms with Crippen LogP contribution in [0.2, 0.25) is 0 Å². The van der Waals surface area contributed by atoms with Gasteiger partial charge in [0.15, 0.2) is 5.13 Å². The van der Waals surface area contributed by atoms with E-state index in [1.165, 1.54) is 11.3 Å². The van der Waals surface area contributed by atoms with E-state index in [0.717, 1.165) is 0 Å². The molecule has 0 aliphatic heterocycles. The molecule has 7 heteroatoms. The second-order valence-electron chi connectivity index (χ2n) is 3.64. The van der Waals surface area contributed by atoms with Crippen molar-refractivity contribution >= 4 is 28.5 Å². The number of urea groups is 1. The molecule has 0 aromatic carbocycles. The number of esters is 1. The molecule has 94 valence electrons. The number of carbonyl (C=O) groups is 2. The van der Waals surface area contributed by atoms with Crippen molar-refractivity contribution in [1.82, 2.24) is 10.3 Å². The average Bonchev–Trinajstić information content (AvgIpc) is 2.68. The molecule has 1 atom stereocenters. The summed E-state index contributed by atoms with van der Waals surface area (Å²) in [4.78, 5) is 26.7. The lowest BCUT2D eigenvalue weighted by Crippen LogP contribution is -2.42. The van der Waals surface area contributed by atoms with E-state index in [9.17, 15) is 9.59 Å². The number of hydrogen-bond acceptors (Lipinski definition) is 5. The van der Waals surface area contributed by atoms with E-state index in [4.69, 9.17) is 4.74 Å². The summed E-state index contributed by atoms with van der Waals surface area (Å²) in [5.41, 5.74) is 0. The van der Waals surface area contributed by atoms with Gasteiger partial charge in [0.1, 0.15) is 6.04 Å². The zero-order chi connectivity index (χ0) is 12.8. The van der Waals surface area contributed by atoms with Crippen LogP contribution in [0, 0.1) is 0 Å². The zero-order valence-electron chi connectivity index (χ0n) is 9.89. The summed E-state index contributed by atoms with van der Waals surface area (Å²) < 4.78 is 4.95. The molecule has 0 bridgehead atoms. The highest BCUT2D eigenvalue weighted by Crippen LogP contribution is 2.09. The Kier molecular flexibility index (Phi) is 4.89.